The molecule has 6 N–H and O–H groups in total. The summed E-state index contributed by atoms with van der Waals surface area (Å²) in [5.74, 6) is -2.25. The molecule has 0 aliphatic rings. The van der Waals surface area contributed by atoms with Gasteiger partial charge in [-0.3, -0.25) is 28.6 Å². The van der Waals surface area contributed by atoms with Crippen LogP contribution in [0.25, 0.3) is 11.2 Å². The van der Waals surface area contributed by atoms with Crippen LogP contribution in [0.5, 0.6) is 5.75 Å². The van der Waals surface area contributed by atoms with E-state index in [9.17, 15) is 43.3 Å². The Bertz CT molecular complexity index is 2250. The molecular weight excluding hydrogens is 785 g/mol. The zero-order valence-electron chi connectivity index (χ0n) is 31.8. The molecule has 2 heterocycles. The number of ether oxygens (including phenoxy) is 2. The molecule has 2 atom stereocenters. The van der Waals surface area contributed by atoms with Crippen LogP contribution in [0.2, 0.25) is 0 Å². The first-order valence-electron chi connectivity index (χ1n) is 17.3. The number of H-pyrrole nitrogens is 1. The van der Waals surface area contributed by atoms with E-state index in [0.29, 0.717) is 5.56 Å². The zero-order valence-corrected chi connectivity index (χ0v) is 32.7. The van der Waals surface area contributed by atoms with Crippen molar-refractivity contribution in [1.29, 1.82) is 0 Å². The maximum Gasteiger partial charge on any atom is 0.415 e. The van der Waals surface area contributed by atoms with Gasteiger partial charge in [-0.15, -0.1) is 0 Å². The number of likely N-dealkylation sites (N-methyl/N-ethyl adjacent to an activating group) is 2. The van der Waals surface area contributed by atoms with Gasteiger partial charge in [-0.2, -0.15) is 4.98 Å². The van der Waals surface area contributed by atoms with Crippen LogP contribution in [0.3, 0.4) is 0 Å². The second-order valence-corrected chi connectivity index (χ2v) is 14.8. The van der Waals surface area contributed by atoms with Crippen LogP contribution in [0.4, 0.5) is 21.2 Å². The minimum Gasteiger partial charge on any atom is -0.756 e. The molecule has 2 unspecified atom stereocenters. The van der Waals surface area contributed by atoms with Gasteiger partial charge in [-0.1, -0.05) is 12.1 Å². The van der Waals surface area contributed by atoms with Gasteiger partial charge in [0.15, 0.2) is 17.9 Å². The Morgan fingerprint density at radius 1 is 1.05 bits per heavy atom. The largest absolute Gasteiger partial charge is 0.756 e. The summed E-state index contributed by atoms with van der Waals surface area (Å²) in [6.07, 6.45) is -0.432. The van der Waals surface area contributed by atoms with Crippen LogP contribution >= 0.6 is 7.82 Å². The molecule has 4 rings (SSSR count). The number of Topliss-reactive ketones (excluding diaryl/α,β-unsaturated/α-hetero) is 1. The molecule has 4 aromatic rings. The van der Waals surface area contributed by atoms with E-state index < -0.39 is 43.5 Å². The third kappa shape index (κ3) is 13.4. The Kier molecular flexibility index (Phi) is 14.7. The first-order chi connectivity index (χ1) is 27.2. The van der Waals surface area contributed by atoms with Crippen LogP contribution in [-0.2, 0) is 36.6 Å². The number of amides is 3. The Hall–Kier alpha value is -6.32. The maximum absolute atomic E-state index is 13.6. The van der Waals surface area contributed by atoms with Crippen LogP contribution in [0, 0.1) is 0 Å². The fourth-order valence-corrected chi connectivity index (χ4v) is 5.43. The smallest absolute Gasteiger partial charge is 0.415 e. The number of carbonyl (C=O) groups excluding carboxylic acids is 4. The van der Waals surface area contributed by atoms with Gasteiger partial charge in [0.1, 0.15) is 24.2 Å². The summed E-state index contributed by atoms with van der Waals surface area (Å²) in [7, 11) is -0.129. The molecule has 58 heavy (non-hydrogen) atoms. The Balaban J connectivity index is 1.45. The molecule has 22 nitrogen and oxygen atoms in total. The lowest BCUT2D eigenvalue weighted by atomic mass is 10.1. The van der Waals surface area contributed by atoms with Gasteiger partial charge in [-0.05, 0) is 55.3 Å². The maximum atomic E-state index is 13.6. The van der Waals surface area contributed by atoms with Crippen molar-refractivity contribution in [3.05, 3.63) is 81.9 Å². The molecule has 310 valence electrons. The first kappa shape index (κ1) is 44.4. The number of nitrogens with two attached hydrogens (primary N) is 1. The number of fused-ring (bicyclic) bond motifs is 1. The molecule has 0 aliphatic carbocycles. The van der Waals surface area contributed by atoms with Crippen molar-refractivity contribution in [2.75, 3.05) is 51.6 Å². The second kappa shape index (κ2) is 19.2. The number of aromatic nitrogens is 4. The monoisotopic (exact) mass is 827 g/mol. The number of nitrogens with zero attached hydrogens (tertiary/aromatic N) is 6. The molecule has 0 radical (unpaired) electrons. The summed E-state index contributed by atoms with van der Waals surface area (Å²) in [6, 6.07) is 10.3. The summed E-state index contributed by atoms with van der Waals surface area (Å²) in [5, 5.41) is 11.9. The average Bonchev–Trinajstić information content (AvgIpc) is 3.16. The van der Waals surface area contributed by atoms with E-state index in [-0.39, 0.29) is 95.9 Å². The topological polar surface area (TPSA) is 310 Å². The molecular formula is C35H42N9O13P. The van der Waals surface area contributed by atoms with Crippen molar-refractivity contribution in [3.63, 3.8) is 0 Å². The summed E-state index contributed by atoms with van der Waals surface area (Å²) < 4.78 is 26.4. The molecule has 0 fully saturated rings. The molecule has 0 saturated heterocycles. The molecule has 0 bridgehead atoms. The molecule has 2 aromatic carbocycles. The van der Waals surface area contributed by atoms with E-state index in [1.807, 2.05) is 0 Å². The van der Waals surface area contributed by atoms with Crippen LogP contribution in [0.1, 0.15) is 41.4 Å². The highest BCUT2D eigenvalue weighted by Crippen LogP contribution is 2.30. The molecule has 0 spiro atoms. The predicted molar refractivity (Wildman–Crippen MR) is 202 cm³/mol. The van der Waals surface area contributed by atoms with Crippen LogP contribution in [0.15, 0.2) is 59.5 Å². The van der Waals surface area contributed by atoms with Gasteiger partial charge in [-0.25, -0.2) is 24.4 Å². The van der Waals surface area contributed by atoms with Crippen molar-refractivity contribution >= 4 is 60.5 Å². The van der Waals surface area contributed by atoms with Crippen molar-refractivity contribution < 1.29 is 61.9 Å². The molecule has 0 saturated carbocycles. The van der Waals surface area contributed by atoms with E-state index in [1.54, 1.807) is 26.2 Å². The number of aliphatic carboxylic acids is 1. The third-order valence-electron chi connectivity index (χ3n) is 8.27. The number of carboxylic acid groups (broad SMARTS) is 1. The highest BCUT2D eigenvalue weighted by Gasteiger charge is 2.24. The average molecular weight is 828 g/mol. The molecule has 0 aliphatic heterocycles. The SMILES string of the molecule is CC(=O)CCC(NC(=O)c1ccc(N(Cc2cnc3nc(N)[nH]c(=O)c3n2)C(=O)OCc2ccc(OC(=O)N(C)CC[N+](C)(C)COP(=O)([O-])O)cc2)cc1)C(=O)O. The number of quaternary nitrogens is 1. The fraction of sp³-hybridized carbons (Fsp3) is 0.343. The van der Waals surface area contributed by atoms with Crippen molar-refractivity contribution in [2.24, 2.45) is 0 Å². The normalized spacial score (nSPS) is 12.9. The number of hydrogen-bond donors (Lipinski definition) is 5. The standard InChI is InChI=1S/C35H42N9O13P/c1-21(45)5-14-27(32(48)49)39-30(46)23-8-10-25(11-9-23)43(18-24-17-37-29-28(38-24)31(47)41-33(36)40-29)35(51)55-19-22-6-12-26(13-7-22)57-34(50)42(2)15-16-44(3,4)20-56-58(52,53)54/h6-13,17,27H,5,14-16,18-20H2,1-4H3,(H6-,36,37,39,40,41,46,47,48,49,52,53,54). The van der Waals surface area contributed by atoms with Gasteiger partial charge in [0.2, 0.25) is 5.95 Å². The predicted octanol–water partition coefficient (Wildman–Crippen LogP) is 1.13. The van der Waals surface area contributed by atoms with Gasteiger partial charge in [0.25, 0.3) is 19.3 Å². The van der Waals surface area contributed by atoms with Crippen molar-refractivity contribution in [1.82, 2.24) is 30.2 Å². The summed E-state index contributed by atoms with van der Waals surface area (Å²) in [5.41, 5.74) is 5.74. The lowest BCUT2D eigenvalue weighted by molar-refractivity contribution is -0.906. The number of aromatic amines is 1. The van der Waals surface area contributed by atoms with Crippen molar-refractivity contribution in [2.45, 2.75) is 39.0 Å². The highest BCUT2D eigenvalue weighted by molar-refractivity contribution is 7.44. The Labute approximate surface area is 330 Å². The van der Waals surface area contributed by atoms with Gasteiger partial charge >= 0.3 is 18.2 Å². The minimum absolute atomic E-state index is 0.0131. The minimum atomic E-state index is -4.90. The van der Waals surface area contributed by atoms with Gasteiger partial charge < -0.3 is 49.6 Å². The fourth-order valence-electron chi connectivity index (χ4n) is 4.97. The van der Waals surface area contributed by atoms with Crippen LogP contribution in [-0.4, -0.2) is 116 Å². The zero-order chi connectivity index (χ0) is 42.8. The lowest BCUT2D eigenvalue weighted by Crippen LogP contribution is -2.47. The number of phosphoric acid groups is 1. The van der Waals surface area contributed by atoms with Gasteiger partial charge in [0, 0.05) is 24.7 Å². The van der Waals surface area contributed by atoms with E-state index in [1.165, 1.54) is 61.5 Å². The van der Waals surface area contributed by atoms with Gasteiger partial charge in [0.05, 0.1) is 45.6 Å². The van der Waals surface area contributed by atoms with E-state index >= 15 is 0 Å². The number of anilines is 2. The summed E-state index contributed by atoms with van der Waals surface area (Å²) >= 11 is 0. The molecule has 3 amide bonds. The molecule has 2 aromatic heterocycles. The highest BCUT2D eigenvalue weighted by atomic mass is 31.2. The van der Waals surface area contributed by atoms with E-state index in [4.69, 9.17) is 20.1 Å². The summed E-state index contributed by atoms with van der Waals surface area (Å²) in [6.45, 7) is 0.877. The Morgan fingerprint density at radius 2 is 1.72 bits per heavy atom. The molecule has 23 heteroatoms. The van der Waals surface area contributed by atoms with E-state index in [0.717, 1.165) is 4.90 Å². The quantitative estimate of drug-likeness (QED) is 0.0533. The number of ketones is 1. The van der Waals surface area contributed by atoms with Crippen molar-refractivity contribution in [3.8, 4) is 5.75 Å². The second-order valence-electron chi connectivity index (χ2n) is 13.6. The number of rotatable bonds is 18. The van der Waals surface area contributed by atoms with E-state index in [2.05, 4.69) is 29.8 Å². The number of nitrogen functional groups attached to an aromatic ring is 1. The lowest BCUT2D eigenvalue weighted by Gasteiger charge is -2.32. The summed E-state index contributed by atoms with van der Waals surface area (Å²) in [4.78, 5) is 112. The number of carboxylic acids is 1. The Morgan fingerprint density at radius 3 is 2.34 bits per heavy atom. The first-order valence-corrected chi connectivity index (χ1v) is 18.8. The number of benzene rings is 2. The van der Waals surface area contributed by atoms with Crippen LogP contribution < -0.4 is 31.1 Å². The third-order valence-corrected chi connectivity index (χ3v) is 8.71. The number of carbonyl (C=O) groups is 5. The number of hydrogen-bond acceptors (Lipinski definition) is 15. The number of phosphoric ester groups is 1. The number of nitrogens with one attached hydrogen (secondary N) is 2.